The molecule has 0 spiro atoms. The van der Waals surface area contributed by atoms with Crippen LogP contribution >= 0.6 is 0 Å². The third kappa shape index (κ3) is 20.9. The van der Waals surface area contributed by atoms with Gasteiger partial charge in [-0.05, 0) is 84.3 Å². The maximum absolute atomic E-state index is 12.6. The SMILES string of the molecule is CCCCCCCC(=O)CCCN(CCCCC1OC(OC(C)C)C(OC(C)=O)C(OC(C)=O)C1C(C)C)CCCC(=O)CCCCCCC. The molecule has 0 aromatic rings. The quantitative estimate of drug-likeness (QED) is 0.0533. The molecule has 0 amide bonds. The van der Waals surface area contributed by atoms with Crippen LogP contribution in [-0.2, 0) is 38.1 Å². The smallest absolute Gasteiger partial charge is 0.303 e. The van der Waals surface area contributed by atoms with E-state index in [0.717, 1.165) is 77.4 Å². The second-order valence-corrected chi connectivity index (χ2v) is 15.1. The highest BCUT2D eigenvalue weighted by atomic mass is 16.7. The monoisotopic (exact) mass is 710 g/mol. The molecule has 292 valence electrons. The highest BCUT2D eigenvalue weighted by Gasteiger charge is 2.51. The molecule has 50 heavy (non-hydrogen) atoms. The fourth-order valence-corrected chi connectivity index (χ4v) is 7.14. The standard InChI is InChI=1S/C41H75NO8/c1-9-11-13-15-17-23-35(45)25-21-29-42(30-22-26-36(46)24-18-16-14-12-10-2)28-20-19-27-37-38(31(3)4)39(48-33(7)43)40(49-34(8)44)41(50-37)47-32(5)6/h31-32,37-41H,9-30H2,1-8H3. The van der Waals surface area contributed by atoms with Gasteiger partial charge in [0.15, 0.2) is 12.4 Å². The van der Waals surface area contributed by atoms with Gasteiger partial charge in [-0.2, -0.15) is 0 Å². The number of carbonyl (C=O) groups is 4. The first kappa shape index (κ1) is 46.2. The molecule has 1 aliphatic heterocycles. The number of rotatable bonds is 30. The van der Waals surface area contributed by atoms with Crippen LogP contribution in [-0.4, -0.2) is 78.7 Å². The van der Waals surface area contributed by atoms with Crippen molar-refractivity contribution in [2.45, 2.75) is 208 Å². The zero-order valence-corrected chi connectivity index (χ0v) is 33.3. The number of hydrogen-bond acceptors (Lipinski definition) is 9. The molecule has 0 radical (unpaired) electrons. The van der Waals surface area contributed by atoms with Crippen LogP contribution in [0.15, 0.2) is 0 Å². The number of carbonyl (C=O) groups excluding carboxylic acids is 4. The summed E-state index contributed by atoms with van der Waals surface area (Å²) in [6, 6.07) is 0. The Balaban J connectivity index is 2.84. The van der Waals surface area contributed by atoms with Crippen LogP contribution in [0.4, 0.5) is 0 Å². The molecule has 1 heterocycles. The summed E-state index contributed by atoms with van der Waals surface area (Å²) in [5.41, 5.74) is 0. The van der Waals surface area contributed by atoms with E-state index in [4.69, 9.17) is 18.9 Å². The summed E-state index contributed by atoms with van der Waals surface area (Å²) in [6.07, 6.45) is 15.6. The van der Waals surface area contributed by atoms with Crippen molar-refractivity contribution in [1.29, 1.82) is 0 Å². The number of ether oxygens (including phenoxy) is 4. The summed E-state index contributed by atoms with van der Waals surface area (Å²) >= 11 is 0. The summed E-state index contributed by atoms with van der Waals surface area (Å²) in [5, 5.41) is 0. The second kappa shape index (κ2) is 27.8. The highest BCUT2D eigenvalue weighted by Crippen LogP contribution is 2.38. The van der Waals surface area contributed by atoms with Gasteiger partial charge in [-0.3, -0.25) is 19.2 Å². The summed E-state index contributed by atoms with van der Waals surface area (Å²) in [4.78, 5) is 51.9. The third-order valence-electron chi connectivity index (χ3n) is 9.68. The third-order valence-corrected chi connectivity index (χ3v) is 9.68. The number of nitrogens with zero attached hydrogens (tertiary/aromatic N) is 1. The summed E-state index contributed by atoms with van der Waals surface area (Å²) in [6.45, 7) is 17.7. The van der Waals surface area contributed by atoms with Crippen molar-refractivity contribution in [2.24, 2.45) is 11.8 Å². The molecule has 0 N–H and O–H groups in total. The van der Waals surface area contributed by atoms with Crippen LogP contribution in [0.1, 0.15) is 177 Å². The summed E-state index contributed by atoms with van der Waals surface area (Å²) < 4.78 is 24.1. The predicted octanol–water partition coefficient (Wildman–Crippen LogP) is 9.16. The van der Waals surface area contributed by atoms with Gasteiger partial charge in [0.1, 0.15) is 17.7 Å². The van der Waals surface area contributed by atoms with Crippen molar-refractivity contribution in [2.75, 3.05) is 19.6 Å². The molecule has 5 unspecified atom stereocenters. The van der Waals surface area contributed by atoms with E-state index in [-0.39, 0.29) is 24.0 Å². The minimum atomic E-state index is -0.851. The van der Waals surface area contributed by atoms with Crippen molar-refractivity contribution >= 4 is 23.5 Å². The van der Waals surface area contributed by atoms with Crippen LogP contribution in [0, 0.1) is 11.8 Å². The molecule has 9 heteroatoms. The number of hydrogen-bond donors (Lipinski definition) is 0. The van der Waals surface area contributed by atoms with Gasteiger partial charge in [0.2, 0.25) is 0 Å². The molecule has 0 aliphatic carbocycles. The maximum atomic E-state index is 12.6. The Morgan fingerprint density at radius 2 is 1.06 bits per heavy atom. The van der Waals surface area contributed by atoms with Gasteiger partial charge in [-0.25, -0.2) is 0 Å². The van der Waals surface area contributed by atoms with Gasteiger partial charge in [0.05, 0.1) is 12.2 Å². The Hall–Kier alpha value is -1.84. The maximum Gasteiger partial charge on any atom is 0.303 e. The lowest BCUT2D eigenvalue weighted by Crippen LogP contribution is -2.59. The molecule has 0 saturated carbocycles. The molecule has 1 aliphatic rings. The first-order valence-corrected chi connectivity index (χ1v) is 20.3. The molecule has 5 atom stereocenters. The molecular formula is C41H75NO8. The van der Waals surface area contributed by atoms with Crippen LogP contribution in [0.3, 0.4) is 0 Å². The van der Waals surface area contributed by atoms with E-state index in [1.165, 1.54) is 52.4 Å². The van der Waals surface area contributed by atoms with Gasteiger partial charge in [0, 0.05) is 45.4 Å². The summed E-state index contributed by atoms with van der Waals surface area (Å²) in [5.74, 6) is -0.249. The zero-order chi connectivity index (χ0) is 37.3. The number of esters is 2. The molecule has 9 nitrogen and oxygen atoms in total. The molecule has 1 rings (SSSR count). The molecule has 0 bridgehead atoms. The Kier molecular flexibility index (Phi) is 25.6. The zero-order valence-electron chi connectivity index (χ0n) is 33.3. The van der Waals surface area contributed by atoms with Crippen LogP contribution < -0.4 is 0 Å². The van der Waals surface area contributed by atoms with Crippen molar-refractivity contribution in [3.8, 4) is 0 Å². The van der Waals surface area contributed by atoms with Crippen LogP contribution in [0.5, 0.6) is 0 Å². The summed E-state index contributed by atoms with van der Waals surface area (Å²) in [7, 11) is 0. The Morgan fingerprint density at radius 3 is 1.52 bits per heavy atom. The van der Waals surface area contributed by atoms with Gasteiger partial charge < -0.3 is 23.8 Å². The normalized spacial score (nSPS) is 20.8. The van der Waals surface area contributed by atoms with E-state index in [0.29, 0.717) is 37.2 Å². The second-order valence-electron chi connectivity index (χ2n) is 15.1. The first-order valence-electron chi connectivity index (χ1n) is 20.3. The van der Waals surface area contributed by atoms with Crippen molar-refractivity contribution in [1.82, 2.24) is 4.90 Å². The number of Topliss-reactive ketones (excluding diaryl/α,β-unsaturated/α-hetero) is 2. The van der Waals surface area contributed by atoms with Gasteiger partial charge >= 0.3 is 11.9 Å². The average molecular weight is 710 g/mol. The first-order chi connectivity index (χ1) is 23.9. The van der Waals surface area contributed by atoms with Crippen LogP contribution in [0.25, 0.3) is 0 Å². The fraction of sp³-hybridized carbons (Fsp3) is 0.902. The van der Waals surface area contributed by atoms with Gasteiger partial charge in [-0.15, -0.1) is 0 Å². The highest BCUT2D eigenvalue weighted by molar-refractivity contribution is 5.78. The van der Waals surface area contributed by atoms with Crippen molar-refractivity contribution < 1.29 is 38.1 Å². The molecule has 1 saturated heterocycles. The van der Waals surface area contributed by atoms with Gasteiger partial charge in [-0.1, -0.05) is 79.1 Å². The number of unbranched alkanes of at least 4 members (excludes halogenated alkanes) is 9. The van der Waals surface area contributed by atoms with Crippen molar-refractivity contribution in [3.63, 3.8) is 0 Å². The lowest BCUT2D eigenvalue weighted by Gasteiger charge is -2.47. The van der Waals surface area contributed by atoms with E-state index < -0.39 is 30.4 Å². The average Bonchev–Trinajstić information content (AvgIpc) is 3.03. The lowest BCUT2D eigenvalue weighted by molar-refractivity contribution is -0.305. The molecule has 0 aromatic heterocycles. The topological polar surface area (TPSA) is 108 Å². The lowest BCUT2D eigenvalue weighted by atomic mass is 9.78. The molecular weight excluding hydrogens is 634 g/mol. The minimum Gasteiger partial charge on any atom is -0.458 e. The van der Waals surface area contributed by atoms with Crippen molar-refractivity contribution in [3.05, 3.63) is 0 Å². The Morgan fingerprint density at radius 1 is 0.600 bits per heavy atom. The van der Waals surface area contributed by atoms with E-state index in [9.17, 15) is 19.2 Å². The van der Waals surface area contributed by atoms with E-state index in [2.05, 4.69) is 32.6 Å². The van der Waals surface area contributed by atoms with E-state index in [1.54, 1.807) is 0 Å². The molecule has 0 aromatic carbocycles. The largest absolute Gasteiger partial charge is 0.458 e. The Bertz CT molecular complexity index is 906. The predicted molar refractivity (Wildman–Crippen MR) is 200 cm³/mol. The minimum absolute atomic E-state index is 0.104. The number of ketones is 2. The molecule has 1 fully saturated rings. The van der Waals surface area contributed by atoms with E-state index in [1.807, 2.05) is 13.8 Å². The fourth-order valence-electron chi connectivity index (χ4n) is 7.14. The van der Waals surface area contributed by atoms with Gasteiger partial charge in [0.25, 0.3) is 0 Å². The Labute approximate surface area is 305 Å². The van der Waals surface area contributed by atoms with Crippen LogP contribution in [0.2, 0.25) is 0 Å². The van der Waals surface area contributed by atoms with E-state index >= 15 is 0 Å².